The predicted octanol–water partition coefficient (Wildman–Crippen LogP) is 2.58. The van der Waals surface area contributed by atoms with Crippen LogP contribution in [-0.4, -0.2) is 12.0 Å². The van der Waals surface area contributed by atoms with Crippen molar-refractivity contribution in [3.8, 4) is 0 Å². The Kier molecular flexibility index (Phi) is 1.90. The molecule has 0 saturated heterocycles. The molecule has 1 heterocycles. The summed E-state index contributed by atoms with van der Waals surface area (Å²) >= 11 is 0. The van der Waals surface area contributed by atoms with Crippen LogP contribution in [0.5, 0.6) is 0 Å². The second-order valence-corrected chi connectivity index (χ2v) is 3.13. The molecule has 64 valence electrons. The first-order chi connectivity index (χ1) is 4.91. The van der Waals surface area contributed by atoms with E-state index >= 15 is 0 Å². The van der Waals surface area contributed by atoms with Crippen LogP contribution >= 0.6 is 0 Å². The third-order valence-corrected chi connectivity index (χ3v) is 1.79. The summed E-state index contributed by atoms with van der Waals surface area (Å²) in [4.78, 5) is 0. The standard InChI is InChI=1S/C8H12F2O/c1-5-4-6(2)11-7(5)8(3,9)10/h4-5,7H,1-3H3. The van der Waals surface area contributed by atoms with Crippen molar-refractivity contribution < 1.29 is 13.5 Å². The van der Waals surface area contributed by atoms with Gasteiger partial charge in [-0.25, -0.2) is 8.78 Å². The lowest BCUT2D eigenvalue weighted by atomic mass is 10.0. The van der Waals surface area contributed by atoms with Gasteiger partial charge in [0, 0.05) is 12.8 Å². The maximum atomic E-state index is 12.7. The Hall–Kier alpha value is -0.600. The highest BCUT2D eigenvalue weighted by molar-refractivity contribution is 5.05. The highest BCUT2D eigenvalue weighted by Gasteiger charge is 2.42. The van der Waals surface area contributed by atoms with Gasteiger partial charge in [-0.15, -0.1) is 0 Å². The summed E-state index contributed by atoms with van der Waals surface area (Å²) in [6.45, 7) is 4.32. The number of allylic oxidation sites excluding steroid dienone is 1. The third-order valence-electron chi connectivity index (χ3n) is 1.79. The van der Waals surface area contributed by atoms with Crippen LogP contribution in [-0.2, 0) is 4.74 Å². The summed E-state index contributed by atoms with van der Waals surface area (Å²) in [6, 6.07) is 0. The molecule has 0 amide bonds. The molecule has 11 heavy (non-hydrogen) atoms. The topological polar surface area (TPSA) is 9.23 Å². The molecule has 0 spiro atoms. The zero-order valence-corrected chi connectivity index (χ0v) is 6.90. The minimum Gasteiger partial charge on any atom is -0.489 e. The number of hydrogen-bond acceptors (Lipinski definition) is 1. The minimum atomic E-state index is -2.74. The fraction of sp³-hybridized carbons (Fsp3) is 0.750. The average molecular weight is 162 g/mol. The monoisotopic (exact) mass is 162 g/mol. The highest BCUT2D eigenvalue weighted by atomic mass is 19.3. The van der Waals surface area contributed by atoms with Crippen molar-refractivity contribution in [1.29, 1.82) is 0 Å². The van der Waals surface area contributed by atoms with E-state index in [1.165, 1.54) is 0 Å². The van der Waals surface area contributed by atoms with Crippen molar-refractivity contribution in [2.75, 3.05) is 0 Å². The summed E-state index contributed by atoms with van der Waals surface area (Å²) in [5, 5.41) is 0. The van der Waals surface area contributed by atoms with Crippen LogP contribution in [0.2, 0.25) is 0 Å². The molecule has 0 aromatic rings. The molecule has 1 aliphatic heterocycles. The summed E-state index contributed by atoms with van der Waals surface area (Å²) in [7, 11) is 0. The molecule has 2 atom stereocenters. The van der Waals surface area contributed by atoms with Gasteiger partial charge in [0.15, 0.2) is 6.10 Å². The van der Waals surface area contributed by atoms with E-state index in [1.807, 2.05) is 0 Å². The van der Waals surface area contributed by atoms with Crippen LogP contribution < -0.4 is 0 Å². The predicted molar refractivity (Wildman–Crippen MR) is 38.4 cm³/mol. The quantitative estimate of drug-likeness (QED) is 0.575. The summed E-state index contributed by atoms with van der Waals surface area (Å²) in [6.07, 6.45) is 0.754. The van der Waals surface area contributed by atoms with E-state index in [0.717, 1.165) is 6.92 Å². The zero-order valence-electron chi connectivity index (χ0n) is 6.90. The Balaban J connectivity index is 2.67. The van der Waals surface area contributed by atoms with Gasteiger partial charge in [-0.05, 0) is 13.0 Å². The van der Waals surface area contributed by atoms with Crippen LogP contribution in [0.15, 0.2) is 11.8 Å². The van der Waals surface area contributed by atoms with E-state index in [9.17, 15) is 8.78 Å². The van der Waals surface area contributed by atoms with Crippen molar-refractivity contribution >= 4 is 0 Å². The fourth-order valence-electron chi connectivity index (χ4n) is 1.37. The first kappa shape index (κ1) is 8.50. The molecule has 1 nitrogen and oxygen atoms in total. The molecular formula is C8H12F2O. The summed E-state index contributed by atoms with van der Waals surface area (Å²) < 4.78 is 30.3. The minimum absolute atomic E-state index is 0.185. The molecule has 0 aliphatic carbocycles. The van der Waals surface area contributed by atoms with Gasteiger partial charge >= 0.3 is 0 Å². The molecule has 2 unspecified atom stereocenters. The molecular weight excluding hydrogens is 150 g/mol. The van der Waals surface area contributed by atoms with Crippen molar-refractivity contribution in [3.63, 3.8) is 0 Å². The van der Waals surface area contributed by atoms with Crippen molar-refractivity contribution in [2.24, 2.45) is 5.92 Å². The largest absolute Gasteiger partial charge is 0.489 e. The number of halogens is 2. The van der Waals surface area contributed by atoms with E-state index in [-0.39, 0.29) is 5.92 Å². The Morgan fingerprint density at radius 2 is 2.09 bits per heavy atom. The Bertz CT molecular complexity index is 181. The van der Waals surface area contributed by atoms with E-state index in [4.69, 9.17) is 4.74 Å². The summed E-state index contributed by atoms with van der Waals surface area (Å²) in [5.74, 6) is -2.33. The number of ether oxygens (including phenoxy) is 1. The molecule has 0 bridgehead atoms. The molecule has 0 saturated carbocycles. The Labute approximate surface area is 65.0 Å². The zero-order chi connectivity index (χ0) is 8.65. The number of alkyl halides is 2. The molecule has 0 aromatic heterocycles. The molecule has 1 aliphatic rings. The molecule has 3 heteroatoms. The van der Waals surface area contributed by atoms with Crippen LogP contribution in [0, 0.1) is 5.92 Å². The van der Waals surface area contributed by atoms with E-state index < -0.39 is 12.0 Å². The van der Waals surface area contributed by atoms with Gasteiger partial charge < -0.3 is 4.74 Å². The summed E-state index contributed by atoms with van der Waals surface area (Å²) in [5.41, 5.74) is 0. The number of hydrogen-bond donors (Lipinski definition) is 0. The van der Waals surface area contributed by atoms with Gasteiger partial charge in [0.25, 0.3) is 5.92 Å². The second kappa shape index (κ2) is 2.47. The van der Waals surface area contributed by atoms with Crippen LogP contribution in [0.3, 0.4) is 0 Å². The Morgan fingerprint density at radius 1 is 1.55 bits per heavy atom. The second-order valence-electron chi connectivity index (χ2n) is 3.13. The lowest BCUT2D eigenvalue weighted by molar-refractivity contribution is -0.107. The van der Waals surface area contributed by atoms with Gasteiger partial charge in [-0.1, -0.05) is 6.92 Å². The molecule has 0 radical (unpaired) electrons. The molecule has 0 aromatic carbocycles. The van der Waals surface area contributed by atoms with Gasteiger partial charge in [0.05, 0.1) is 5.76 Å². The maximum absolute atomic E-state index is 12.7. The first-order valence-electron chi connectivity index (χ1n) is 3.64. The lowest BCUT2D eigenvalue weighted by Gasteiger charge is -2.22. The van der Waals surface area contributed by atoms with Crippen molar-refractivity contribution in [1.82, 2.24) is 0 Å². The first-order valence-corrected chi connectivity index (χ1v) is 3.64. The van der Waals surface area contributed by atoms with Gasteiger partial charge in [0.2, 0.25) is 0 Å². The van der Waals surface area contributed by atoms with Gasteiger partial charge in [-0.2, -0.15) is 0 Å². The maximum Gasteiger partial charge on any atom is 0.281 e. The SMILES string of the molecule is CC1=CC(C)C(C(C)(F)F)O1. The smallest absolute Gasteiger partial charge is 0.281 e. The van der Waals surface area contributed by atoms with Crippen LogP contribution in [0.4, 0.5) is 8.78 Å². The normalized spacial score (nSPS) is 31.5. The molecule has 1 rings (SSSR count). The van der Waals surface area contributed by atoms with E-state index in [2.05, 4.69) is 0 Å². The third kappa shape index (κ3) is 1.70. The van der Waals surface area contributed by atoms with Crippen molar-refractivity contribution in [3.05, 3.63) is 11.8 Å². The lowest BCUT2D eigenvalue weighted by Crippen LogP contribution is -2.34. The van der Waals surface area contributed by atoms with Crippen LogP contribution in [0.25, 0.3) is 0 Å². The number of rotatable bonds is 1. The highest BCUT2D eigenvalue weighted by Crippen LogP contribution is 2.33. The molecule has 0 N–H and O–H groups in total. The van der Waals surface area contributed by atoms with Crippen molar-refractivity contribution in [2.45, 2.75) is 32.8 Å². The Morgan fingerprint density at radius 3 is 2.27 bits per heavy atom. The van der Waals surface area contributed by atoms with Gasteiger partial charge in [-0.3, -0.25) is 0 Å². The van der Waals surface area contributed by atoms with E-state index in [1.54, 1.807) is 19.9 Å². The van der Waals surface area contributed by atoms with E-state index in [0.29, 0.717) is 5.76 Å². The molecule has 0 fully saturated rings. The average Bonchev–Trinajstić information content (AvgIpc) is 2.08. The van der Waals surface area contributed by atoms with Gasteiger partial charge in [0.1, 0.15) is 0 Å². The van der Waals surface area contributed by atoms with Crippen LogP contribution in [0.1, 0.15) is 20.8 Å². The fourth-order valence-corrected chi connectivity index (χ4v) is 1.37.